The first-order chi connectivity index (χ1) is 9.20. The van der Waals surface area contributed by atoms with E-state index in [9.17, 15) is 9.59 Å². The highest BCUT2D eigenvalue weighted by Crippen LogP contribution is 2.24. The van der Waals surface area contributed by atoms with Gasteiger partial charge in [0.2, 0.25) is 5.91 Å². The van der Waals surface area contributed by atoms with Crippen LogP contribution in [-0.2, 0) is 4.79 Å². The number of benzene rings is 1. The van der Waals surface area contributed by atoms with Gasteiger partial charge in [-0.1, -0.05) is 23.9 Å². The average Bonchev–Trinajstić information content (AvgIpc) is 2.82. The van der Waals surface area contributed by atoms with Crippen molar-refractivity contribution in [1.29, 1.82) is 0 Å². The molecule has 1 aliphatic rings. The van der Waals surface area contributed by atoms with Gasteiger partial charge in [0.15, 0.2) is 0 Å². The van der Waals surface area contributed by atoms with Gasteiger partial charge in [0.1, 0.15) is 0 Å². The highest BCUT2D eigenvalue weighted by molar-refractivity contribution is 8.13. The SMILES string of the molecule is CSc1ccccc1NC(=O)CCN1CCSC1=O. The summed E-state index contributed by atoms with van der Waals surface area (Å²) in [7, 11) is 0. The second kappa shape index (κ2) is 6.86. The Balaban J connectivity index is 1.85. The van der Waals surface area contributed by atoms with Crippen LogP contribution in [0.1, 0.15) is 6.42 Å². The molecule has 102 valence electrons. The first-order valence-corrected chi connectivity index (χ1v) is 8.26. The molecule has 0 bridgehead atoms. The number of nitrogens with one attached hydrogen (secondary N) is 1. The van der Waals surface area contributed by atoms with Crippen LogP contribution in [0.2, 0.25) is 0 Å². The van der Waals surface area contributed by atoms with Crippen molar-refractivity contribution in [2.75, 3.05) is 30.4 Å². The number of carbonyl (C=O) groups excluding carboxylic acids is 2. The predicted octanol–water partition coefficient (Wildman–Crippen LogP) is 2.91. The highest BCUT2D eigenvalue weighted by atomic mass is 32.2. The molecular formula is C13H16N2O2S2. The van der Waals surface area contributed by atoms with Crippen molar-refractivity contribution in [3.05, 3.63) is 24.3 Å². The van der Waals surface area contributed by atoms with Gasteiger partial charge in [-0.25, -0.2) is 0 Å². The Hall–Kier alpha value is -1.14. The van der Waals surface area contributed by atoms with Crippen LogP contribution in [0.15, 0.2) is 29.2 Å². The van der Waals surface area contributed by atoms with Crippen LogP contribution in [0.3, 0.4) is 0 Å². The summed E-state index contributed by atoms with van der Waals surface area (Å²) in [6, 6.07) is 7.71. The molecule has 0 atom stereocenters. The molecular weight excluding hydrogens is 280 g/mol. The topological polar surface area (TPSA) is 49.4 Å². The third kappa shape index (κ3) is 3.91. The second-order valence-electron chi connectivity index (χ2n) is 4.10. The summed E-state index contributed by atoms with van der Waals surface area (Å²) in [5, 5.41) is 2.98. The third-order valence-electron chi connectivity index (χ3n) is 2.83. The van der Waals surface area contributed by atoms with Crippen molar-refractivity contribution in [2.24, 2.45) is 0 Å². The van der Waals surface area contributed by atoms with E-state index in [4.69, 9.17) is 0 Å². The minimum Gasteiger partial charge on any atom is -0.332 e. The number of carbonyl (C=O) groups is 2. The molecule has 0 spiro atoms. The Bertz CT molecular complexity index is 479. The fourth-order valence-corrected chi connectivity index (χ4v) is 3.23. The summed E-state index contributed by atoms with van der Waals surface area (Å²) < 4.78 is 0. The van der Waals surface area contributed by atoms with Crippen LogP contribution in [-0.4, -0.2) is 41.1 Å². The van der Waals surface area contributed by atoms with Crippen molar-refractivity contribution in [3.8, 4) is 0 Å². The molecule has 0 aliphatic carbocycles. The molecule has 0 saturated carbocycles. The van der Waals surface area contributed by atoms with E-state index in [0.29, 0.717) is 13.0 Å². The largest absolute Gasteiger partial charge is 0.332 e. The minimum absolute atomic E-state index is 0.0498. The van der Waals surface area contributed by atoms with Gasteiger partial charge in [-0.3, -0.25) is 9.59 Å². The number of rotatable bonds is 5. The summed E-state index contributed by atoms with van der Waals surface area (Å²) in [6.45, 7) is 1.25. The number of nitrogens with zero attached hydrogens (tertiary/aromatic N) is 1. The molecule has 1 heterocycles. The lowest BCUT2D eigenvalue weighted by Gasteiger charge is -2.14. The number of hydrogen-bond donors (Lipinski definition) is 1. The first-order valence-electron chi connectivity index (χ1n) is 6.05. The molecule has 0 unspecified atom stereocenters. The molecule has 2 amide bonds. The summed E-state index contributed by atoms with van der Waals surface area (Å²) in [5.74, 6) is 0.779. The normalized spacial score (nSPS) is 14.8. The lowest BCUT2D eigenvalue weighted by Crippen LogP contribution is -2.27. The maximum Gasteiger partial charge on any atom is 0.281 e. The van der Waals surface area contributed by atoms with Crippen molar-refractivity contribution < 1.29 is 9.59 Å². The second-order valence-corrected chi connectivity index (χ2v) is 5.99. The number of amides is 2. The van der Waals surface area contributed by atoms with E-state index in [0.717, 1.165) is 22.9 Å². The fraction of sp³-hybridized carbons (Fsp3) is 0.385. The summed E-state index contributed by atoms with van der Waals surface area (Å²) >= 11 is 2.92. The smallest absolute Gasteiger partial charge is 0.281 e. The van der Waals surface area contributed by atoms with Crippen molar-refractivity contribution in [3.63, 3.8) is 0 Å². The molecule has 19 heavy (non-hydrogen) atoms. The van der Waals surface area contributed by atoms with E-state index in [2.05, 4.69) is 5.32 Å². The van der Waals surface area contributed by atoms with E-state index < -0.39 is 0 Å². The monoisotopic (exact) mass is 296 g/mol. The van der Waals surface area contributed by atoms with Gasteiger partial charge in [0, 0.05) is 30.2 Å². The third-order valence-corrected chi connectivity index (χ3v) is 4.52. The Labute approximate surface area is 121 Å². The molecule has 4 nitrogen and oxygen atoms in total. The van der Waals surface area contributed by atoms with Crippen LogP contribution in [0.5, 0.6) is 0 Å². The molecule has 6 heteroatoms. The van der Waals surface area contributed by atoms with Gasteiger partial charge >= 0.3 is 0 Å². The summed E-state index contributed by atoms with van der Waals surface area (Å²) in [6.07, 6.45) is 2.32. The van der Waals surface area contributed by atoms with Gasteiger partial charge < -0.3 is 10.2 Å². The van der Waals surface area contributed by atoms with E-state index >= 15 is 0 Å². The average molecular weight is 296 g/mol. The molecule has 1 fully saturated rings. The predicted molar refractivity (Wildman–Crippen MR) is 80.9 cm³/mol. The maximum atomic E-state index is 11.9. The first kappa shape index (κ1) is 14.3. The zero-order valence-electron chi connectivity index (χ0n) is 10.7. The van der Waals surface area contributed by atoms with Crippen LogP contribution < -0.4 is 5.32 Å². The Morgan fingerprint density at radius 2 is 2.26 bits per heavy atom. The Morgan fingerprint density at radius 3 is 2.95 bits per heavy atom. The molecule has 1 N–H and O–H groups in total. The van der Waals surface area contributed by atoms with Crippen molar-refractivity contribution in [2.45, 2.75) is 11.3 Å². The maximum absolute atomic E-state index is 11.9. The summed E-state index contributed by atoms with van der Waals surface area (Å²) in [4.78, 5) is 26.1. The van der Waals surface area contributed by atoms with Crippen LogP contribution >= 0.6 is 23.5 Å². The minimum atomic E-state index is -0.0498. The van der Waals surface area contributed by atoms with Crippen LogP contribution in [0, 0.1) is 0 Å². The molecule has 1 saturated heterocycles. The van der Waals surface area contributed by atoms with Gasteiger partial charge in [-0.15, -0.1) is 11.8 Å². The zero-order valence-corrected chi connectivity index (χ0v) is 12.4. The van der Waals surface area contributed by atoms with Crippen LogP contribution in [0.4, 0.5) is 10.5 Å². The Kier molecular flexibility index (Phi) is 5.15. The molecule has 0 aromatic heterocycles. The van der Waals surface area contributed by atoms with Gasteiger partial charge in [-0.05, 0) is 18.4 Å². The lowest BCUT2D eigenvalue weighted by atomic mass is 10.3. The number of anilines is 1. The van der Waals surface area contributed by atoms with Crippen LogP contribution in [0.25, 0.3) is 0 Å². The van der Waals surface area contributed by atoms with E-state index in [1.807, 2.05) is 30.5 Å². The quantitative estimate of drug-likeness (QED) is 0.849. The van der Waals surface area contributed by atoms with Gasteiger partial charge in [-0.2, -0.15) is 0 Å². The molecule has 0 radical (unpaired) electrons. The number of para-hydroxylation sites is 1. The molecule has 2 rings (SSSR count). The number of hydrogen-bond acceptors (Lipinski definition) is 4. The summed E-state index contributed by atoms with van der Waals surface area (Å²) in [5.41, 5.74) is 0.835. The van der Waals surface area contributed by atoms with E-state index in [-0.39, 0.29) is 11.1 Å². The van der Waals surface area contributed by atoms with E-state index in [1.165, 1.54) is 11.8 Å². The highest BCUT2D eigenvalue weighted by Gasteiger charge is 2.21. The van der Waals surface area contributed by atoms with E-state index in [1.54, 1.807) is 16.7 Å². The number of thioether (sulfide) groups is 2. The van der Waals surface area contributed by atoms with Crippen molar-refractivity contribution in [1.82, 2.24) is 4.90 Å². The Morgan fingerprint density at radius 1 is 1.47 bits per heavy atom. The lowest BCUT2D eigenvalue weighted by molar-refractivity contribution is -0.116. The standard InChI is InChI=1S/C13H16N2O2S2/c1-18-11-5-3-2-4-10(11)14-12(16)6-7-15-8-9-19-13(15)17/h2-5H,6-9H2,1H3,(H,14,16). The molecule has 1 aliphatic heterocycles. The molecule has 1 aromatic rings. The van der Waals surface area contributed by atoms with Gasteiger partial charge in [0.05, 0.1) is 5.69 Å². The fourth-order valence-electron chi connectivity index (χ4n) is 1.83. The zero-order chi connectivity index (χ0) is 13.7. The molecule has 1 aromatic carbocycles. The van der Waals surface area contributed by atoms with Gasteiger partial charge in [0.25, 0.3) is 5.24 Å². The van der Waals surface area contributed by atoms with Crippen molar-refractivity contribution >= 4 is 40.4 Å².